The molecule has 0 fully saturated rings. The van der Waals surface area contributed by atoms with E-state index in [1.54, 1.807) is 49.6 Å². The number of methoxy groups -OCH3 is 1. The van der Waals surface area contributed by atoms with Crippen LogP contribution in [0, 0.1) is 0 Å². The number of fused-ring (bicyclic) bond motifs is 1. The van der Waals surface area contributed by atoms with Crippen molar-refractivity contribution in [1.29, 1.82) is 0 Å². The number of rotatable bonds is 10. The lowest BCUT2D eigenvalue weighted by molar-refractivity contribution is -0.131. The van der Waals surface area contributed by atoms with E-state index in [9.17, 15) is 24.0 Å². The summed E-state index contributed by atoms with van der Waals surface area (Å²) in [7, 11) is 1.55. The lowest BCUT2D eigenvalue weighted by atomic mass is 10.1. The van der Waals surface area contributed by atoms with Crippen molar-refractivity contribution in [2.45, 2.75) is 19.9 Å². The molecule has 0 unspecified atom stereocenters. The van der Waals surface area contributed by atoms with Gasteiger partial charge in [-0.25, -0.2) is 0 Å². The highest BCUT2D eigenvalue weighted by Gasteiger charge is 2.35. The van der Waals surface area contributed by atoms with E-state index in [0.717, 1.165) is 5.56 Å². The molecule has 0 aliphatic carbocycles. The van der Waals surface area contributed by atoms with E-state index in [1.807, 2.05) is 0 Å². The van der Waals surface area contributed by atoms with Crippen molar-refractivity contribution in [1.82, 2.24) is 10.2 Å². The number of nitrogens with one attached hydrogen (secondary N) is 2. The second-order valence-electron chi connectivity index (χ2n) is 8.82. The number of imide groups is 1. The van der Waals surface area contributed by atoms with E-state index in [2.05, 4.69) is 10.6 Å². The quantitative estimate of drug-likeness (QED) is 0.178. The molecule has 0 saturated carbocycles. The lowest BCUT2D eigenvalue weighted by Crippen LogP contribution is -2.31. The first kappa shape index (κ1) is 27.2. The van der Waals surface area contributed by atoms with Gasteiger partial charge in [-0.15, -0.1) is 0 Å². The highest BCUT2D eigenvalue weighted by atomic mass is 16.5. The van der Waals surface area contributed by atoms with E-state index >= 15 is 0 Å². The topological polar surface area (TPSA) is 131 Å². The van der Waals surface area contributed by atoms with Crippen LogP contribution < -0.4 is 15.4 Å². The minimum Gasteiger partial charge on any atom is -0.427 e. The SMILES string of the molecule is COCCCN1C(=O)c2ccc(C(=O)Nc3ccc(CNC(=O)c4cccc(OC(C)=O)c4)cc3)cc2C1=O. The molecule has 39 heavy (non-hydrogen) atoms. The maximum absolute atomic E-state index is 12.8. The van der Waals surface area contributed by atoms with Crippen molar-refractivity contribution in [3.63, 3.8) is 0 Å². The van der Waals surface area contributed by atoms with Gasteiger partial charge >= 0.3 is 5.97 Å². The first-order valence-corrected chi connectivity index (χ1v) is 12.2. The van der Waals surface area contributed by atoms with Crippen LogP contribution in [0.4, 0.5) is 5.69 Å². The Morgan fingerprint density at radius 1 is 0.846 bits per heavy atom. The number of hydrogen-bond donors (Lipinski definition) is 2. The fourth-order valence-corrected chi connectivity index (χ4v) is 4.06. The molecule has 1 aliphatic rings. The molecule has 0 radical (unpaired) electrons. The third-order valence-electron chi connectivity index (χ3n) is 5.99. The van der Waals surface area contributed by atoms with Crippen molar-refractivity contribution >= 4 is 35.3 Å². The summed E-state index contributed by atoms with van der Waals surface area (Å²) in [4.78, 5) is 62.8. The molecule has 10 heteroatoms. The number of anilines is 1. The van der Waals surface area contributed by atoms with Crippen molar-refractivity contribution in [3.8, 4) is 5.75 Å². The van der Waals surface area contributed by atoms with Crippen LogP contribution in [0.2, 0.25) is 0 Å². The minimum absolute atomic E-state index is 0.203. The summed E-state index contributed by atoms with van der Waals surface area (Å²) in [5.41, 5.74) is 2.40. The molecule has 4 amide bonds. The van der Waals surface area contributed by atoms with Gasteiger partial charge in [-0.3, -0.25) is 28.9 Å². The van der Waals surface area contributed by atoms with E-state index in [-0.39, 0.29) is 47.3 Å². The van der Waals surface area contributed by atoms with Crippen molar-refractivity contribution in [3.05, 3.63) is 94.5 Å². The van der Waals surface area contributed by atoms with Crippen molar-refractivity contribution in [2.24, 2.45) is 0 Å². The minimum atomic E-state index is -0.472. The molecule has 0 bridgehead atoms. The normalized spacial score (nSPS) is 12.2. The van der Waals surface area contributed by atoms with Crippen LogP contribution in [0.1, 0.15) is 60.3 Å². The van der Waals surface area contributed by atoms with Crippen LogP contribution >= 0.6 is 0 Å². The molecule has 3 aromatic rings. The number of ether oxygens (including phenoxy) is 2. The maximum atomic E-state index is 12.8. The predicted molar refractivity (Wildman–Crippen MR) is 142 cm³/mol. The van der Waals surface area contributed by atoms with Crippen LogP contribution in [-0.2, 0) is 16.1 Å². The number of amides is 4. The Morgan fingerprint density at radius 3 is 2.28 bits per heavy atom. The molecule has 0 atom stereocenters. The van der Waals surface area contributed by atoms with Crippen LogP contribution in [-0.4, -0.2) is 54.8 Å². The van der Waals surface area contributed by atoms with E-state index in [0.29, 0.717) is 24.3 Å². The summed E-state index contributed by atoms with van der Waals surface area (Å²) in [6, 6.07) is 17.7. The molecule has 0 spiro atoms. The van der Waals surface area contributed by atoms with Gasteiger partial charge < -0.3 is 20.1 Å². The fraction of sp³-hybridized carbons (Fsp3) is 0.207. The summed E-state index contributed by atoms with van der Waals surface area (Å²) >= 11 is 0. The molecule has 10 nitrogen and oxygen atoms in total. The molecule has 3 aromatic carbocycles. The Morgan fingerprint density at radius 2 is 1.56 bits per heavy atom. The third kappa shape index (κ3) is 6.55. The summed E-state index contributed by atoms with van der Waals surface area (Å²) in [6.45, 7) is 2.20. The molecule has 4 rings (SSSR count). The largest absolute Gasteiger partial charge is 0.427 e. The molecule has 0 saturated heterocycles. The molecule has 1 heterocycles. The van der Waals surface area contributed by atoms with Crippen LogP contribution in [0.25, 0.3) is 0 Å². The number of esters is 1. The van der Waals surface area contributed by atoms with Gasteiger partial charge in [0.1, 0.15) is 5.75 Å². The monoisotopic (exact) mass is 529 g/mol. The van der Waals surface area contributed by atoms with Gasteiger partial charge in [0.25, 0.3) is 23.6 Å². The zero-order valence-electron chi connectivity index (χ0n) is 21.5. The number of hydrogen-bond acceptors (Lipinski definition) is 7. The standard InChI is InChI=1S/C29H27N3O7/c1-18(33)39-23-6-3-5-20(15-23)26(34)30-17-19-7-10-22(11-8-19)31-27(35)21-9-12-24-25(16-21)29(37)32(28(24)36)13-4-14-38-2/h3,5-12,15-16H,4,13-14,17H2,1-2H3,(H,30,34)(H,31,35). The van der Waals surface area contributed by atoms with Gasteiger partial charge in [0, 0.05) is 50.5 Å². The van der Waals surface area contributed by atoms with E-state index in [1.165, 1.54) is 36.1 Å². The average Bonchev–Trinajstić information content (AvgIpc) is 3.16. The maximum Gasteiger partial charge on any atom is 0.308 e. The van der Waals surface area contributed by atoms with Gasteiger partial charge in [0.15, 0.2) is 0 Å². The first-order valence-electron chi connectivity index (χ1n) is 12.2. The second kappa shape index (κ2) is 12.1. The highest BCUT2D eigenvalue weighted by Crippen LogP contribution is 2.25. The third-order valence-corrected chi connectivity index (χ3v) is 5.99. The van der Waals surface area contributed by atoms with E-state index in [4.69, 9.17) is 9.47 Å². The Balaban J connectivity index is 1.34. The van der Waals surface area contributed by atoms with E-state index < -0.39 is 17.8 Å². The molecule has 200 valence electrons. The van der Waals surface area contributed by atoms with Gasteiger partial charge in [-0.1, -0.05) is 18.2 Å². The predicted octanol–water partition coefficient (Wildman–Crippen LogP) is 3.43. The van der Waals surface area contributed by atoms with Crippen LogP contribution in [0.5, 0.6) is 5.75 Å². The molecule has 2 N–H and O–H groups in total. The molecular formula is C29H27N3O7. The number of carbonyl (C=O) groups is 5. The highest BCUT2D eigenvalue weighted by molar-refractivity contribution is 6.22. The fourth-order valence-electron chi connectivity index (χ4n) is 4.06. The summed E-state index contributed by atoms with van der Waals surface area (Å²) < 4.78 is 9.99. The summed E-state index contributed by atoms with van der Waals surface area (Å²) in [5.74, 6) is -1.75. The van der Waals surface area contributed by atoms with Crippen LogP contribution in [0.15, 0.2) is 66.7 Å². The zero-order chi connectivity index (χ0) is 27.9. The first-order chi connectivity index (χ1) is 18.8. The smallest absolute Gasteiger partial charge is 0.308 e. The number of nitrogens with zero attached hydrogens (tertiary/aromatic N) is 1. The summed E-state index contributed by atoms with van der Waals surface area (Å²) in [5, 5.41) is 5.57. The van der Waals surface area contributed by atoms with Gasteiger partial charge in [0.05, 0.1) is 11.1 Å². The Kier molecular flexibility index (Phi) is 8.47. The number of benzene rings is 3. The number of carbonyl (C=O) groups excluding carboxylic acids is 5. The van der Waals surface area contributed by atoms with Gasteiger partial charge in [0.2, 0.25) is 0 Å². The Hall–Kier alpha value is -4.83. The molecule has 0 aromatic heterocycles. The lowest BCUT2D eigenvalue weighted by Gasteiger charge is -2.12. The van der Waals surface area contributed by atoms with Gasteiger partial charge in [-0.05, 0) is 60.5 Å². The zero-order valence-corrected chi connectivity index (χ0v) is 21.5. The Bertz CT molecular complexity index is 1430. The molecular weight excluding hydrogens is 502 g/mol. The van der Waals surface area contributed by atoms with Gasteiger partial charge in [-0.2, -0.15) is 0 Å². The Labute approximate surface area is 224 Å². The average molecular weight is 530 g/mol. The summed E-state index contributed by atoms with van der Waals surface area (Å²) in [6.07, 6.45) is 0.526. The van der Waals surface area contributed by atoms with Crippen LogP contribution in [0.3, 0.4) is 0 Å². The second-order valence-corrected chi connectivity index (χ2v) is 8.82. The molecule has 1 aliphatic heterocycles. The van der Waals surface area contributed by atoms with Crippen molar-refractivity contribution in [2.75, 3.05) is 25.6 Å². The van der Waals surface area contributed by atoms with Crippen molar-refractivity contribution < 1.29 is 33.4 Å².